The van der Waals surface area contributed by atoms with Crippen molar-refractivity contribution in [2.75, 3.05) is 41.1 Å². The molecule has 0 radical (unpaired) electrons. The SMILES string of the molecule is C=CC[C@@H]1/C=C(\C)C[C@H](C)C[C@H](OC)C2O[C@@](O)(C(=O)C(=O)N3CCCCC3C(=O)O[C@H](/C(C)=C/C3CC[C@@H](O)[C@H](OC)C3)[C@H](C)[C@@H](OC(=O)CC(C)(C)c3c(C)cc(C)cc3OC(=O)C(C)CC(C)C(=O)OC(COC(=O)CCCCCCCCCCCCCCC)COC(=O)CCCCCCCCCCCCCCC)CC1=O)[C@H](C)C[C@@H]2OC. The first kappa shape index (κ1) is 105. The Kier molecular flexibility index (Phi) is 48.8. The molecule has 4 aliphatic rings. The predicted molar refractivity (Wildman–Crippen MR) is 471 cm³/mol. The van der Waals surface area contributed by atoms with Crippen LogP contribution in [0.25, 0.3) is 0 Å². The number of unbranched alkanes of at least 4 members (excludes halogenated alkanes) is 24. The molecule has 3 fully saturated rings. The van der Waals surface area contributed by atoms with E-state index < -0.39 is 143 Å². The first-order chi connectivity index (χ1) is 57.7. The number of hydrogen-bond acceptors (Lipinski definition) is 21. The number of Topliss-reactive ketones (excluding diaryl/α,β-unsaturated/α-hetero) is 2. The highest BCUT2D eigenvalue weighted by Gasteiger charge is 2.57. The average molecular weight is 1700 g/mol. The highest BCUT2D eigenvalue weighted by Crippen LogP contribution is 2.43. The molecule has 3 heterocycles. The number of allylic oxidation sites excluding steroid dienone is 4. The number of benzene rings is 1. The number of amides is 1. The smallest absolute Gasteiger partial charge is 0.329 e. The number of rotatable bonds is 49. The number of nitrogens with zero attached hydrogens (tertiary/aromatic N) is 1. The van der Waals surface area contributed by atoms with Gasteiger partial charge in [0.25, 0.3) is 11.7 Å². The maximum atomic E-state index is 15.4. The van der Waals surface area contributed by atoms with Gasteiger partial charge in [-0.1, -0.05) is 246 Å². The maximum absolute atomic E-state index is 15.4. The summed E-state index contributed by atoms with van der Waals surface area (Å²) in [7, 11) is 4.56. The van der Waals surface area contributed by atoms with Gasteiger partial charge in [-0.05, 0) is 146 Å². The normalized spacial score (nSPS) is 26.0. The first-order valence-electron chi connectivity index (χ1n) is 47.0. The summed E-state index contributed by atoms with van der Waals surface area (Å²) >= 11 is 0. The molecule has 2 N–H and O–H groups in total. The van der Waals surface area contributed by atoms with Crippen molar-refractivity contribution in [1.29, 1.82) is 0 Å². The third-order valence-electron chi connectivity index (χ3n) is 25.7. The summed E-state index contributed by atoms with van der Waals surface area (Å²) in [6, 6.07) is 2.33. The third kappa shape index (κ3) is 36.0. The molecule has 121 heavy (non-hydrogen) atoms. The number of cyclic esters (lactones) is 1. The van der Waals surface area contributed by atoms with Crippen LogP contribution in [0.1, 0.15) is 356 Å². The zero-order valence-corrected chi connectivity index (χ0v) is 77.5. The molecule has 0 spiro atoms. The Hall–Kier alpha value is -6.17. The van der Waals surface area contributed by atoms with Crippen LogP contribution in [0.4, 0.5) is 0 Å². The number of aliphatic hydroxyl groups is 2. The minimum atomic E-state index is -2.63. The fourth-order valence-corrected chi connectivity index (χ4v) is 18.5. The van der Waals surface area contributed by atoms with Crippen LogP contribution in [0.2, 0.25) is 0 Å². The van der Waals surface area contributed by atoms with E-state index in [1.54, 1.807) is 46.8 Å². The van der Waals surface area contributed by atoms with Gasteiger partial charge in [-0.2, -0.15) is 0 Å². The number of esters is 6. The number of ketones is 2. The van der Waals surface area contributed by atoms with Gasteiger partial charge in [-0.25, -0.2) is 4.79 Å². The first-order valence-corrected chi connectivity index (χ1v) is 47.0. The summed E-state index contributed by atoms with van der Waals surface area (Å²) in [5.41, 5.74) is 2.23. The number of methoxy groups -OCH3 is 3. The molecule has 3 aliphatic heterocycles. The fraction of sp³-hybridized carbons (Fsp3) is 0.788. The Bertz CT molecular complexity index is 3350. The van der Waals surface area contributed by atoms with Crippen LogP contribution in [0.5, 0.6) is 5.75 Å². The third-order valence-corrected chi connectivity index (χ3v) is 25.7. The second-order valence-electron chi connectivity index (χ2n) is 37.1. The second-order valence-corrected chi connectivity index (χ2v) is 37.1. The van der Waals surface area contributed by atoms with Crippen LogP contribution in [0.3, 0.4) is 0 Å². The molecule has 1 amide bonds. The van der Waals surface area contributed by atoms with Gasteiger partial charge in [0, 0.05) is 75.9 Å². The Labute approximate surface area is 727 Å². The molecule has 5 unspecified atom stereocenters. The predicted octanol–water partition coefficient (Wildman–Crippen LogP) is 19.7. The minimum Gasteiger partial charge on any atom is -0.462 e. The van der Waals surface area contributed by atoms with Gasteiger partial charge in [0.1, 0.15) is 49.1 Å². The number of fused-ring (bicyclic) bond motifs is 3. The molecule has 2 saturated heterocycles. The van der Waals surface area contributed by atoms with E-state index >= 15 is 14.4 Å². The molecular weight excluding hydrogens is 1540 g/mol. The summed E-state index contributed by atoms with van der Waals surface area (Å²) in [6.45, 7) is 27.6. The number of carbonyl (C=O) groups is 9. The molecular formula is C99H161NO21. The Morgan fingerprint density at radius 3 is 1.70 bits per heavy atom. The molecule has 1 aliphatic carbocycles. The van der Waals surface area contributed by atoms with Gasteiger partial charge in [0.15, 0.2) is 6.10 Å². The fourth-order valence-electron chi connectivity index (χ4n) is 18.5. The van der Waals surface area contributed by atoms with E-state index in [-0.39, 0.29) is 94.5 Å². The summed E-state index contributed by atoms with van der Waals surface area (Å²) < 4.78 is 61.2. The highest BCUT2D eigenvalue weighted by atomic mass is 16.7. The highest BCUT2D eigenvalue weighted by molar-refractivity contribution is 6.39. The van der Waals surface area contributed by atoms with E-state index in [9.17, 15) is 39.0 Å². The topological polar surface area (TPSA) is 290 Å². The largest absolute Gasteiger partial charge is 0.462 e. The van der Waals surface area contributed by atoms with Crippen LogP contribution in [0, 0.1) is 55.3 Å². The second kappa shape index (κ2) is 56.0. The summed E-state index contributed by atoms with van der Waals surface area (Å²) in [4.78, 5) is 132. The molecule has 1 aromatic rings. The van der Waals surface area contributed by atoms with Crippen molar-refractivity contribution < 1.29 is 101 Å². The molecule has 2 bridgehead atoms. The maximum Gasteiger partial charge on any atom is 0.329 e. The van der Waals surface area contributed by atoms with Crippen molar-refractivity contribution in [3.05, 3.63) is 64.8 Å². The number of aryl methyl sites for hydroxylation is 2. The standard InChI is InChI=1S/C99H161NO21/c1-18-21-23-25-27-29-31-33-35-37-39-41-43-49-87(103)115-65-78(66-116-88(104)50-44-42-40-38-36-34-32-30-28-26-24-22-19-2)117-95(108)72(9)59-73(10)96(109)119-84-57-69(6)55-70(7)90(84)98(13,14)64-89(105)118-82-63-81(102)77(47-20-3)56-67(4)54-68(5)58-85(113-16)92-86(114-17)61-74(11)99(111,121-92)93(106)94(107)100-53-46-45-48-79(100)97(110)120-91(75(82)12)71(8)60-76-51-52-80(101)83(62-76)112-15/h20,55-57,60,68,72-80,82-83,85-86,91-92,101,111H,3,18-19,21-54,58-59,61-66H2,1-2,4-17H3/b67-56+,71-60+/t68-,72?,73?,74+,75+,76?,77+,79?,80+,82-,83+,85-,86-,91+,92?,99+/m0/s1. The molecule has 16 atom stereocenters. The zero-order chi connectivity index (χ0) is 89.2. The number of hydrogen-bond donors (Lipinski definition) is 2. The molecule has 0 aromatic heterocycles. The van der Waals surface area contributed by atoms with Crippen molar-refractivity contribution in [2.24, 2.45) is 41.4 Å². The van der Waals surface area contributed by atoms with E-state index in [1.165, 1.54) is 137 Å². The average Bonchev–Trinajstić information content (AvgIpc) is 0.885. The summed E-state index contributed by atoms with van der Waals surface area (Å²) in [6.07, 6.45) is 32.1. The lowest BCUT2D eigenvalue weighted by molar-refractivity contribution is -0.302. The summed E-state index contributed by atoms with van der Waals surface area (Å²) in [5, 5.41) is 23.4. The van der Waals surface area contributed by atoms with Crippen molar-refractivity contribution in [3.63, 3.8) is 0 Å². The van der Waals surface area contributed by atoms with Crippen LogP contribution in [-0.2, 0) is 91.2 Å². The Morgan fingerprint density at radius 2 is 1.17 bits per heavy atom. The molecule has 22 nitrogen and oxygen atoms in total. The monoisotopic (exact) mass is 1700 g/mol. The quantitative estimate of drug-likeness (QED) is 0.0153. The van der Waals surface area contributed by atoms with Gasteiger partial charge < -0.3 is 62.5 Å². The van der Waals surface area contributed by atoms with Crippen LogP contribution < -0.4 is 4.74 Å². The van der Waals surface area contributed by atoms with Crippen LogP contribution >= 0.6 is 0 Å². The molecule has 1 aromatic carbocycles. The van der Waals surface area contributed by atoms with Gasteiger partial charge in [0.2, 0.25) is 5.79 Å². The number of carbonyl (C=O) groups excluding carboxylic acids is 9. The number of aliphatic hydroxyl groups excluding tert-OH is 1. The molecule has 22 heteroatoms. The molecule has 688 valence electrons. The van der Waals surface area contributed by atoms with Crippen LogP contribution in [-0.4, -0.2) is 170 Å². The lowest BCUT2D eigenvalue weighted by Crippen LogP contribution is -2.64. The summed E-state index contributed by atoms with van der Waals surface area (Å²) in [5.74, 6) is -13.6. The minimum absolute atomic E-state index is 0.0125. The van der Waals surface area contributed by atoms with E-state index in [0.29, 0.717) is 74.5 Å². The number of ether oxygens (including phenoxy) is 10. The van der Waals surface area contributed by atoms with Gasteiger partial charge in [-0.3, -0.25) is 38.4 Å². The van der Waals surface area contributed by atoms with Crippen molar-refractivity contribution in [1.82, 2.24) is 4.90 Å². The van der Waals surface area contributed by atoms with Crippen LogP contribution in [0.15, 0.2) is 48.1 Å². The van der Waals surface area contributed by atoms with E-state index in [0.717, 1.165) is 54.6 Å². The van der Waals surface area contributed by atoms with Gasteiger partial charge >= 0.3 is 35.8 Å². The van der Waals surface area contributed by atoms with Gasteiger partial charge in [-0.15, -0.1) is 6.58 Å². The van der Waals surface area contributed by atoms with Crippen molar-refractivity contribution in [3.8, 4) is 5.75 Å². The van der Waals surface area contributed by atoms with Crippen molar-refractivity contribution >= 4 is 53.3 Å². The van der Waals surface area contributed by atoms with E-state index in [1.807, 2.05) is 59.8 Å². The number of piperidine rings is 1. The Morgan fingerprint density at radius 1 is 0.653 bits per heavy atom. The lowest BCUT2D eigenvalue weighted by atomic mass is 9.78. The molecule has 5 rings (SSSR count). The van der Waals surface area contributed by atoms with Gasteiger partial charge in [0.05, 0.1) is 42.7 Å². The van der Waals surface area contributed by atoms with E-state index in [2.05, 4.69) is 20.4 Å². The Balaban J connectivity index is 1.39. The van der Waals surface area contributed by atoms with E-state index in [4.69, 9.17) is 47.4 Å². The zero-order valence-electron chi connectivity index (χ0n) is 77.5. The molecule has 1 saturated carbocycles. The van der Waals surface area contributed by atoms with Crippen molar-refractivity contribution in [2.45, 2.75) is 419 Å². The lowest BCUT2D eigenvalue weighted by Gasteiger charge is -2.47.